The third-order valence-corrected chi connectivity index (χ3v) is 3.16. The smallest absolute Gasteiger partial charge is 0.248 e. The van der Waals surface area contributed by atoms with Gasteiger partial charge in [-0.2, -0.15) is 0 Å². The van der Waals surface area contributed by atoms with Crippen LogP contribution in [0.3, 0.4) is 0 Å². The van der Waals surface area contributed by atoms with Crippen molar-refractivity contribution in [2.24, 2.45) is 5.73 Å². The van der Waals surface area contributed by atoms with Crippen molar-refractivity contribution >= 4 is 27.5 Å². The third-order valence-electron chi connectivity index (χ3n) is 2.66. The van der Waals surface area contributed by atoms with Crippen LogP contribution in [0.25, 0.3) is 0 Å². The molecule has 0 spiro atoms. The van der Waals surface area contributed by atoms with Crippen LogP contribution in [0.2, 0.25) is 0 Å². The number of rotatable bonds is 3. The molecule has 0 saturated heterocycles. The number of anilines is 1. The number of halogens is 1. The molecule has 0 unspecified atom stereocenters. The minimum Gasteiger partial charge on any atom is -0.455 e. The average molecular weight is 321 g/mol. The van der Waals surface area contributed by atoms with Crippen molar-refractivity contribution in [2.45, 2.75) is 6.92 Å². The molecule has 0 fully saturated rings. The molecule has 4 N–H and O–H groups in total. The molecule has 0 aliphatic carbocycles. The van der Waals surface area contributed by atoms with Gasteiger partial charge in [0.1, 0.15) is 11.5 Å². The Morgan fingerprint density at radius 1 is 1.16 bits per heavy atom. The van der Waals surface area contributed by atoms with Gasteiger partial charge in [0.05, 0.1) is 5.69 Å². The van der Waals surface area contributed by atoms with Gasteiger partial charge in [-0.05, 0) is 42.8 Å². The first-order chi connectivity index (χ1) is 8.97. The van der Waals surface area contributed by atoms with Crippen LogP contribution in [0.1, 0.15) is 15.9 Å². The summed E-state index contributed by atoms with van der Waals surface area (Å²) < 4.78 is 6.67. The van der Waals surface area contributed by atoms with Crippen molar-refractivity contribution in [3.63, 3.8) is 0 Å². The number of nitrogens with two attached hydrogens (primary N) is 2. The standard InChI is InChI=1S/C14H13BrN2O2/c1-8-2-4-10(15)7-13(8)19-12-5-3-9(14(17)18)6-11(12)16/h2-7H,16H2,1H3,(H2,17,18). The Kier molecular flexibility index (Phi) is 3.76. The van der Waals surface area contributed by atoms with Crippen LogP contribution in [0.4, 0.5) is 5.69 Å². The number of carbonyl (C=O) groups excluding carboxylic acids is 1. The van der Waals surface area contributed by atoms with E-state index in [9.17, 15) is 4.79 Å². The van der Waals surface area contributed by atoms with Gasteiger partial charge in [-0.25, -0.2) is 0 Å². The highest BCUT2D eigenvalue weighted by atomic mass is 79.9. The van der Waals surface area contributed by atoms with E-state index in [0.717, 1.165) is 10.0 Å². The van der Waals surface area contributed by atoms with E-state index in [-0.39, 0.29) is 0 Å². The maximum absolute atomic E-state index is 11.0. The minimum absolute atomic E-state index is 0.357. The van der Waals surface area contributed by atoms with Gasteiger partial charge in [-0.1, -0.05) is 22.0 Å². The molecule has 4 nitrogen and oxygen atoms in total. The second-order valence-electron chi connectivity index (χ2n) is 4.13. The van der Waals surface area contributed by atoms with Crippen LogP contribution in [0.15, 0.2) is 40.9 Å². The van der Waals surface area contributed by atoms with E-state index in [4.69, 9.17) is 16.2 Å². The van der Waals surface area contributed by atoms with Crippen LogP contribution in [-0.4, -0.2) is 5.91 Å². The van der Waals surface area contributed by atoms with Gasteiger partial charge in [0.2, 0.25) is 5.91 Å². The van der Waals surface area contributed by atoms with E-state index in [2.05, 4.69) is 15.9 Å². The monoisotopic (exact) mass is 320 g/mol. The lowest BCUT2D eigenvalue weighted by Gasteiger charge is -2.11. The molecule has 2 aromatic carbocycles. The molecule has 0 heterocycles. The predicted molar refractivity (Wildman–Crippen MR) is 78.3 cm³/mol. The molecule has 0 atom stereocenters. The molecule has 0 aliphatic rings. The van der Waals surface area contributed by atoms with Crippen molar-refractivity contribution in [1.82, 2.24) is 0 Å². The Morgan fingerprint density at radius 3 is 2.53 bits per heavy atom. The molecule has 0 radical (unpaired) electrons. The van der Waals surface area contributed by atoms with Crippen molar-refractivity contribution in [1.29, 1.82) is 0 Å². The molecule has 0 aliphatic heterocycles. The predicted octanol–water partition coefficient (Wildman–Crippen LogP) is 3.23. The summed E-state index contributed by atoms with van der Waals surface area (Å²) in [5, 5.41) is 0. The van der Waals surface area contributed by atoms with Crippen LogP contribution >= 0.6 is 15.9 Å². The highest BCUT2D eigenvalue weighted by molar-refractivity contribution is 9.10. The molecule has 1 amide bonds. The number of ether oxygens (including phenoxy) is 1. The molecule has 0 saturated carbocycles. The molecular formula is C14H13BrN2O2. The summed E-state index contributed by atoms with van der Waals surface area (Å²) >= 11 is 3.39. The molecule has 2 rings (SSSR count). The first kappa shape index (κ1) is 13.4. The number of primary amides is 1. The van der Waals surface area contributed by atoms with Gasteiger partial charge in [0.25, 0.3) is 0 Å². The SMILES string of the molecule is Cc1ccc(Br)cc1Oc1ccc(C(N)=O)cc1N. The van der Waals surface area contributed by atoms with Gasteiger partial charge in [0.15, 0.2) is 0 Å². The van der Waals surface area contributed by atoms with E-state index in [0.29, 0.717) is 22.7 Å². The van der Waals surface area contributed by atoms with Gasteiger partial charge in [-0.3, -0.25) is 4.79 Å². The molecule has 5 heteroatoms. The van der Waals surface area contributed by atoms with E-state index >= 15 is 0 Å². The lowest BCUT2D eigenvalue weighted by molar-refractivity contribution is 0.100. The zero-order valence-corrected chi connectivity index (χ0v) is 11.9. The van der Waals surface area contributed by atoms with Gasteiger partial charge in [0, 0.05) is 10.0 Å². The Labute approximate surface area is 119 Å². The zero-order chi connectivity index (χ0) is 14.0. The fourth-order valence-electron chi connectivity index (χ4n) is 1.60. The highest BCUT2D eigenvalue weighted by Crippen LogP contribution is 2.31. The number of amides is 1. The summed E-state index contributed by atoms with van der Waals surface area (Å²) in [6.07, 6.45) is 0. The minimum atomic E-state index is -0.517. The quantitative estimate of drug-likeness (QED) is 0.852. The highest BCUT2D eigenvalue weighted by Gasteiger charge is 2.08. The molecule has 19 heavy (non-hydrogen) atoms. The zero-order valence-electron chi connectivity index (χ0n) is 10.3. The summed E-state index contributed by atoms with van der Waals surface area (Å²) in [5.41, 5.74) is 12.8. The maximum Gasteiger partial charge on any atom is 0.248 e. The fourth-order valence-corrected chi connectivity index (χ4v) is 1.94. The largest absolute Gasteiger partial charge is 0.455 e. The maximum atomic E-state index is 11.0. The van der Waals surface area contributed by atoms with Crippen molar-refractivity contribution in [3.05, 3.63) is 52.0 Å². The second-order valence-corrected chi connectivity index (χ2v) is 5.04. The fraction of sp³-hybridized carbons (Fsp3) is 0.0714. The van der Waals surface area contributed by atoms with Crippen LogP contribution < -0.4 is 16.2 Å². The van der Waals surface area contributed by atoms with Crippen LogP contribution in [0, 0.1) is 6.92 Å². The molecule has 98 valence electrons. The van der Waals surface area contributed by atoms with Crippen LogP contribution in [-0.2, 0) is 0 Å². The van der Waals surface area contributed by atoms with E-state index in [1.807, 2.05) is 25.1 Å². The number of hydrogen-bond donors (Lipinski definition) is 2. The van der Waals surface area contributed by atoms with Crippen molar-refractivity contribution in [2.75, 3.05) is 5.73 Å². The summed E-state index contributed by atoms with van der Waals surface area (Å²) in [5.74, 6) is 0.677. The Balaban J connectivity index is 2.33. The number of carbonyl (C=O) groups is 1. The number of nitrogen functional groups attached to an aromatic ring is 1. The number of hydrogen-bond acceptors (Lipinski definition) is 3. The molecule has 2 aromatic rings. The van der Waals surface area contributed by atoms with Gasteiger partial charge < -0.3 is 16.2 Å². The van der Waals surface area contributed by atoms with Gasteiger partial charge in [-0.15, -0.1) is 0 Å². The summed E-state index contributed by atoms with van der Waals surface area (Å²) in [4.78, 5) is 11.0. The molecule has 0 bridgehead atoms. The summed E-state index contributed by atoms with van der Waals surface area (Å²) in [6.45, 7) is 1.94. The van der Waals surface area contributed by atoms with E-state index in [1.165, 1.54) is 6.07 Å². The normalized spacial score (nSPS) is 10.2. The van der Waals surface area contributed by atoms with Crippen molar-refractivity contribution < 1.29 is 9.53 Å². The number of benzene rings is 2. The molecular weight excluding hydrogens is 308 g/mol. The Hall–Kier alpha value is -2.01. The molecule has 0 aromatic heterocycles. The van der Waals surface area contributed by atoms with Gasteiger partial charge >= 0.3 is 0 Å². The Morgan fingerprint density at radius 2 is 1.89 bits per heavy atom. The van der Waals surface area contributed by atoms with Crippen molar-refractivity contribution in [3.8, 4) is 11.5 Å². The number of aryl methyl sites for hydroxylation is 1. The van der Waals surface area contributed by atoms with E-state index < -0.39 is 5.91 Å². The van der Waals surface area contributed by atoms with Crippen LogP contribution in [0.5, 0.6) is 11.5 Å². The third kappa shape index (κ3) is 3.06. The first-order valence-electron chi connectivity index (χ1n) is 5.60. The topological polar surface area (TPSA) is 78.3 Å². The Bertz CT molecular complexity index is 641. The second kappa shape index (κ2) is 5.32. The average Bonchev–Trinajstić information content (AvgIpc) is 2.36. The summed E-state index contributed by atoms with van der Waals surface area (Å²) in [7, 11) is 0. The van der Waals surface area contributed by atoms with E-state index in [1.54, 1.807) is 12.1 Å². The lowest BCUT2D eigenvalue weighted by Crippen LogP contribution is -2.11. The first-order valence-corrected chi connectivity index (χ1v) is 6.40. The summed E-state index contributed by atoms with van der Waals surface area (Å²) in [6, 6.07) is 10.5. The lowest BCUT2D eigenvalue weighted by atomic mass is 10.1.